The molecule has 130 valence electrons. The van der Waals surface area contributed by atoms with Crippen molar-refractivity contribution in [2.75, 3.05) is 0 Å². The summed E-state index contributed by atoms with van der Waals surface area (Å²) in [6, 6.07) is 0. The van der Waals surface area contributed by atoms with Crippen LogP contribution in [0.2, 0.25) is 0 Å². The molecule has 0 aromatic heterocycles. The zero-order chi connectivity index (χ0) is 17.2. The van der Waals surface area contributed by atoms with Gasteiger partial charge in [-0.2, -0.15) is 0 Å². The molecular formula is C20H31NaO3. The number of carbonyl (C=O) groups excluding carboxylic acids is 1. The van der Waals surface area contributed by atoms with Crippen molar-refractivity contribution < 1.29 is 44.6 Å². The van der Waals surface area contributed by atoms with Crippen LogP contribution in [0, 0.1) is 0 Å². The van der Waals surface area contributed by atoms with E-state index in [-0.39, 0.29) is 36.0 Å². The molecule has 0 bridgehead atoms. The van der Waals surface area contributed by atoms with Gasteiger partial charge in [0.1, 0.15) is 0 Å². The summed E-state index contributed by atoms with van der Waals surface area (Å²) in [6.07, 6.45) is 23.1. The molecule has 1 atom stereocenters. The second kappa shape index (κ2) is 20.4. The Morgan fingerprint density at radius 3 is 2.42 bits per heavy atom. The maximum Gasteiger partial charge on any atom is 1.00 e. The van der Waals surface area contributed by atoms with Crippen LogP contribution in [0.5, 0.6) is 0 Å². The van der Waals surface area contributed by atoms with Gasteiger partial charge in [-0.1, -0.05) is 68.4 Å². The zero-order valence-electron chi connectivity index (χ0n) is 15.3. The maximum absolute atomic E-state index is 10.2. The Bertz CT molecular complexity index is 398. The number of carboxylic acid groups (broad SMARTS) is 1. The number of hydrogen-bond donors (Lipinski definition) is 1. The Kier molecular flexibility index (Phi) is 21.8. The van der Waals surface area contributed by atoms with Gasteiger partial charge in [0, 0.05) is 5.97 Å². The van der Waals surface area contributed by atoms with Crippen LogP contribution >= 0.6 is 0 Å². The van der Waals surface area contributed by atoms with Gasteiger partial charge in [-0.3, -0.25) is 0 Å². The number of rotatable bonds is 14. The van der Waals surface area contributed by atoms with Gasteiger partial charge < -0.3 is 15.0 Å². The number of aliphatic hydroxyl groups excluding tert-OH is 1. The predicted octanol–water partition coefficient (Wildman–Crippen LogP) is 0.857. The second-order valence-electron chi connectivity index (χ2n) is 5.55. The molecule has 0 spiro atoms. The van der Waals surface area contributed by atoms with E-state index in [4.69, 9.17) is 0 Å². The van der Waals surface area contributed by atoms with Crippen molar-refractivity contribution in [1.82, 2.24) is 0 Å². The summed E-state index contributed by atoms with van der Waals surface area (Å²) in [7, 11) is 0. The van der Waals surface area contributed by atoms with Crippen LogP contribution in [-0.2, 0) is 4.79 Å². The summed E-state index contributed by atoms with van der Waals surface area (Å²) in [6.45, 7) is 2.19. The first-order valence-electron chi connectivity index (χ1n) is 8.68. The van der Waals surface area contributed by atoms with Gasteiger partial charge in [0.05, 0.1) is 6.10 Å². The van der Waals surface area contributed by atoms with E-state index in [1.165, 1.54) is 19.3 Å². The molecule has 4 heteroatoms. The Morgan fingerprint density at radius 1 is 1.00 bits per heavy atom. The minimum Gasteiger partial charge on any atom is -0.550 e. The minimum atomic E-state index is -0.988. The SMILES string of the molecule is CCCCC/C=C\CC(O)/C=C\C=C/C/C=C\CCCC(=O)[O-].[Na+]. The van der Waals surface area contributed by atoms with Crippen molar-refractivity contribution in [3.63, 3.8) is 0 Å². The van der Waals surface area contributed by atoms with Crippen molar-refractivity contribution in [3.8, 4) is 0 Å². The van der Waals surface area contributed by atoms with Gasteiger partial charge >= 0.3 is 29.6 Å². The molecule has 0 aromatic rings. The monoisotopic (exact) mass is 342 g/mol. The van der Waals surface area contributed by atoms with Gasteiger partial charge in [-0.05, 0) is 44.9 Å². The number of carboxylic acids is 1. The number of allylic oxidation sites excluding steroid dienone is 6. The van der Waals surface area contributed by atoms with Crippen LogP contribution in [0.4, 0.5) is 0 Å². The van der Waals surface area contributed by atoms with E-state index in [2.05, 4.69) is 13.0 Å². The molecule has 0 aliphatic rings. The molecule has 0 aliphatic heterocycles. The molecule has 0 saturated carbocycles. The van der Waals surface area contributed by atoms with Crippen LogP contribution in [0.25, 0.3) is 0 Å². The van der Waals surface area contributed by atoms with E-state index in [1.807, 2.05) is 36.5 Å². The van der Waals surface area contributed by atoms with Crippen molar-refractivity contribution in [1.29, 1.82) is 0 Å². The molecule has 0 rings (SSSR count). The second-order valence-corrected chi connectivity index (χ2v) is 5.55. The van der Waals surface area contributed by atoms with E-state index in [1.54, 1.807) is 6.08 Å². The summed E-state index contributed by atoms with van der Waals surface area (Å²) in [4.78, 5) is 10.2. The van der Waals surface area contributed by atoms with Crippen molar-refractivity contribution in [2.24, 2.45) is 0 Å². The van der Waals surface area contributed by atoms with Gasteiger partial charge in [0.15, 0.2) is 0 Å². The fourth-order valence-corrected chi connectivity index (χ4v) is 1.95. The van der Waals surface area contributed by atoms with E-state index in [9.17, 15) is 15.0 Å². The van der Waals surface area contributed by atoms with E-state index < -0.39 is 12.1 Å². The average Bonchev–Trinajstić information content (AvgIpc) is 2.52. The summed E-state index contributed by atoms with van der Waals surface area (Å²) in [5.74, 6) is -0.988. The number of aliphatic carboxylic acids is 1. The Labute approximate surface area is 169 Å². The number of unbranched alkanes of at least 4 members (excludes halogenated alkanes) is 4. The predicted molar refractivity (Wildman–Crippen MR) is 94.8 cm³/mol. The van der Waals surface area contributed by atoms with Crippen LogP contribution < -0.4 is 34.7 Å². The first-order valence-corrected chi connectivity index (χ1v) is 8.68. The van der Waals surface area contributed by atoms with Gasteiger partial charge in [-0.15, -0.1) is 0 Å². The molecule has 0 saturated heterocycles. The first-order chi connectivity index (χ1) is 11.2. The van der Waals surface area contributed by atoms with Crippen molar-refractivity contribution >= 4 is 5.97 Å². The van der Waals surface area contributed by atoms with E-state index in [0.29, 0.717) is 12.8 Å². The summed E-state index contributed by atoms with van der Waals surface area (Å²) >= 11 is 0. The maximum atomic E-state index is 10.2. The van der Waals surface area contributed by atoms with Crippen molar-refractivity contribution in [3.05, 3.63) is 48.6 Å². The third-order valence-electron chi connectivity index (χ3n) is 3.29. The minimum absolute atomic E-state index is 0. The number of aliphatic hydroxyl groups is 1. The molecule has 1 N–H and O–H groups in total. The molecule has 0 heterocycles. The summed E-state index contributed by atoms with van der Waals surface area (Å²) in [5.41, 5.74) is 0. The zero-order valence-corrected chi connectivity index (χ0v) is 17.3. The Hall–Kier alpha value is -0.610. The van der Waals surface area contributed by atoms with Gasteiger partial charge in [0.2, 0.25) is 0 Å². The molecule has 0 radical (unpaired) electrons. The third kappa shape index (κ3) is 21.4. The van der Waals surface area contributed by atoms with Crippen LogP contribution in [0.1, 0.15) is 64.7 Å². The molecular weight excluding hydrogens is 311 g/mol. The Morgan fingerprint density at radius 2 is 1.71 bits per heavy atom. The van der Waals surface area contributed by atoms with Crippen molar-refractivity contribution in [2.45, 2.75) is 70.8 Å². The molecule has 0 aromatic carbocycles. The van der Waals surface area contributed by atoms with E-state index >= 15 is 0 Å². The molecule has 3 nitrogen and oxygen atoms in total. The molecule has 1 unspecified atom stereocenters. The van der Waals surface area contributed by atoms with Crippen LogP contribution in [-0.4, -0.2) is 17.2 Å². The quantitative estimate of drug-likeness (QED) is 0.220. The topological polar surface area (TPSA) is 60.4 Å². The average molecular weight is 342 g/mol. The number of hydrogen-bond acceptors (Lipinski definition) is 3. The van der Waals surface area contributed by atoms with Gasteiger partial charge in [0.25, 0.3) is 0 Å². The van der Waals surface area contributed by atoms with Crippen LogP contribution in [0.3, 0.4) is 0 Å². The normalized spacial score (nSPS) is 13.2. The Balaban J connectivity index is 0. The summed E-state index contributed by atoms with van der Waals surface area (Å²) < 4.78 is 0. The summed E-state index contributed by atoms with van der Waals surface area (Å²) in [5, 5.41) is 20.0. The third-order valence-corrected chi connectivity index (χ3v) is 3.29. The molecule has 0 amide bonds. The first kappa shape index (κ1) is 25.6. The molecule has 24 heavy (non-hydrogen) atoms. The molecule has 0 aliphatic carbocycles. The standard InChI is InChI=1S/C20H32O3.Na/c1-2-3-4-5-10-13-16-19(21)17-14-11-8-6-7-9-12-15-18-20(22)23;/h7-11,13-14,17,19,21H,2-6,12,15-16,18H2,1H3,(H,22,23);/q;+1/p-1/b9-7-,11-8-,13-10-,17-14-;. The van der Waals surface area contributed by atoms with Crippen LogP contribution in [0.15, 0.2) is 48.6 Å². The largest absolute Gasteiger partial charge is 1.00 e. The molecule has 0 fully saturated rings. The fraction of sp³-hybridized carbons (Fsp3) is 0.550. The van der Waals surface area contributed by atoms with Gasteiger partial charge in [-0.25, -0.2) is 0 Å². The van der Waals surface area contributed by atoms with E-state index in [0.717, 1.165) is 19.3 Å². The smallest absolute Gasteiger partial charge is 0.550 e. The number of carbonyl (C=O) groups is 1. The fourth-order valence-electron chi connectivity index (χ4n) is 1.95.